The normalized spacial score (nSPS) is 12.4. The van der Waals surface area contributed by atoms with Crippen molar-refractivity contribution in [1.82, 2.24) is 10.3 Å². The molecule has 1 aromatic heterocycles. The first-order chi connectivity index (χ1) is 16.6. The molecule has 0 radical (unpaired) electrons. The van der Waals surface area contributed by atoms with Crippen molar-refractivity contribution in [3.05, 3.63) is 70.4 Å². The lowest BCUT2D eigenvalue weighted by Gasteiger charge is -2.19. The summed E-state index contributed by atoms with van der Waals surface area (Å²) in [6.45, 7) is 7.69. The van der Waals surface area contributed by atoms with Crippen LogP contribution in [-0.2, 0) is 16.0 Å². The van der Waals surface area contributed by atoms with Crippen molar-refractivity contribution < 1.29 is 19.1 Å². The molecule has 35 heavy (non-hydrogen) atoms. The van der Waals surface area contributed by atoms with Crippen LogP contribution in [-0.4, -0.2) is 34.8 Å². The third-order valence-electron chi connectivity index (χ3n) is 5.59. The maximum Gasteiger partial charge on any atom is 0.308 e. The van der Waals surface area contributed by atoms with Gasteiger partial charge < -0.3 is 15.0 Å². The zero-order valence-corrected chi connectivity index (χ0v) is 21.5. The summed E-state index contributed by atoms with van der Waals surface area (Å²) >= 11 is 6.08. The molecule has 0 aliphatic carbocycles. The number of nitrogens with one attached hydrogen (secondary N) is 2. The van der Waals surface area contributed by atoms with Crippen molar-refractivity contribution in [2.24, 2.45) is 5.92 Å². The Balaban J connectivity index is 1.60. The number of fused-ring (bicyclic) bond motifs is 1. The minimum Gasteiger partial charge on any atom is -0.460 e. The van der Waals surface area contributed by atoms with Gasteiger partial charge in [0.05, 0.1) is 12.1 Å². The van der Waals surface area contributed by atoms with E-state index in [1.807, 2.05) is 30.3 Å². The molecular weight excluding hydrogens is 464 g/mol. The molecule has 3 rings (SSSR count). The molecule has 1 atom stereocenters. The molecule has 0 aliphatic rings. The molecule has 0 unspecified atom stereocenters. The molecule has 0 spiro atoms. The number of carbonyl (C=O) groups is 3. The molecule has 186 valence electrons. The maximum absolute atomic E-state index is 13.3. The van der Waals surface area contributed by atoms with Gasteiger partial charge in [0.25, 0.3) is 5.91 Å². The first-order valence-corrected chi connectivity index (χ1v) is 12.3. The molecule has 0 aliphatic heterocycles. The van der Waals surface area contributed by atoms with E-state index in [0.29, 0.717) is 22.7 Å². The van der Waals surface area contributed by atoms with Crippen molar-refractivity contribution in [3.63, 3.8) is 0 Å². The van der Waals surface area contributed by atoms with Crippen LogP contribution < -0.4 is 5.32 Å². The van der Waals surface area contributed by atoms with Gasteiger partial charge >= 0.3 is 5.97 Å². The van der Waals surface area contributed by atoms with Gasteiger partial charge in [0.15, 0.2) is 5.78 Å². The Morgan fingerprint density at radius 3 is 2.43 bits per heavy atom. The summed E-state index contributed by atoms with van der Waals surface area (Å²) in [4.78, 5) is 40.7. The van der Waals surface area contributed by atoms with E-state index < -0.39 is 5.60 Å². The molecule has 2 aromatic carbocycles. The van der Waals surface area contributed by atoms with Crippen LogP contribution in [0.4, 0.5) is 0 Å². The molecule has 0 bridgehead atoms. The Hall–Kier alpha value is -3.12. The lowest BCUT2D eigenvalue weighted by atomic mass is 9.89. The van der Waals surface area contributed by atoms with Gasteiger partial charge in [-0.05, 0) is 75.6 Å². The minimum atomic E-state index is -0.546. The number of aromatic amines is 1. The van der Waals surface area contributed by atoms with Crippen LogP contribution in [0.25, 0.3) is 10.9 Å². The second kappa shape index (κ2) is 11.5. The van der Waals surface area contributed by atoms with Crippen LogP contribution in [0.5, 0.6) is 0 Å². The van der Waals surface area contributed by atoms with Crippen LogP contribution >= 0.6 is 11.6 Å². The van der Waals surface area contributed by atoms with E-state index >= 15 is 0 Å². The number of H-pyrrole nitrogens is 1. The van der Waals surface area contributed by atoms with Crippen LogP contribution in [0, 0.1) is 5.92 Å². The number of carbonyl (C=O) groups excluding carboxylic acids is 3. The molecule has 0 saturated heterocycles. The van der Waals surface area contributed by atoms with E-state index in [9.17, 15) is 14.4 Å². The highest BCUT2D eigenvalue weighted by atomic mass is 35.5. The molecule has 3 aromatic rings. The highest BCUT2D eigenvalue weighted by Gasteiger charge is 2.22. The number of aromatic nitrogens is 1. The second-order valence-electron chi connectivity index (χ2n) is 9.76. The summed E-state index contributed by atoms with van der Waals surface area (Å²) in [7, 11) is 0. The molecule has 7 heteroatoms. The predicted octanol–water partition coefficient (Wildman–Crippen LogP) is 6.12. The predicted molar refractivity (Wildman–Crippen MR) is 139 cm³/mol. The smallest absolute Gasteiger partial charge is 0.308 e. The first-order valence-electron chi connectivity index (χ1n) is 12.0. The average Bonchev–Trinajstić information content (AvgIpc) is 3.20. The third-order valence-corrected chi connectivity index (χ3v) is 5.82. The number of ether oxygens (including phenoxy) is 1. The van der Waals surface area contributed by atoms with Gasteiger partial charge in [0.2, 0.25) is 0 Å². The topological polar surface area (TPSA) is 88.3 Å². The van der Waals surface area contributed by atoms with E-state index in [4.69, 9.17) is 16.3 Å². The van der Waals surface area contributed by atoms with Crippen LogP contribution in [0.1, 0.15) is 73.4 Å². The molecule has 0 fully saturated rings. The number of ketones is 1. The number of hydrogen-bond acceptors (Lipinski definition) is 4. The number of benzene rings is 2. The first kappa shape index (κ1) is 26.5. The van der Waals surface area contributed by atoms with E-state index in [0.717, 1.165) is 29.3 Å². The zero-order valence-electron chi connectivity index (χ0n) is 20.7. The van der Waals surface area contributed by atoms with E-state index in [1.165, 1.54) is 0 Å². The highest BCUT2D eigenvalue weighted by molar-refractivity contribution is 6.31. The summed E-state index contributed by atoms with van der Waals surface area (Å²) < 4.78 is 5.25. The summed E-state index contributed by atoms with van der Waals surface area (Å²) in [5.41, 5.74) is 2.41. The van der Waals surface area contributed by atoms with Crippen molar-refractivity contribution in [2.75, 3.05) is 6.54 Å². The molecule has 1 amide bonds. The quantitative estimate of drug-likeness (QED) is 0.261. The van der Waals surface area contributed by atoms with Gasteiger partial charge in [0, 0.05) is 34.0 Å². The van der Waals surface area contributed by atoms with Crippen LogP contribution in [0.15, 0.2) is 48.5 Å². The van der Waals surface area contributed by atoms with Crippen molar-refractivity contribution in [2.45, 2.75) is 59.0 Å². The molecular formula is C28H33ClN2O4. The van der Waals surface area contributed by atoms with Gasteiger partial charge in [-0.15, -0.1) is 0 Å². The van der Waals surface area contributed by atoms with Crippen molar-refractivity contribution in [3.8, 4) is 0 Å². The highest BCUT2D eigenvalue weighted by Crippen LogP contribution is 2.24. The number of esters is 1. The number of Topliss-reactive ketones (excluding diaryl/α,β-unsaturated/α-hetero) is 1. The van der Waals surface area contributed by atoms with E-state index in [2.05, 4.69) is 17.2 Å². The standard InChI is InChI=1S/C28H33ClN2O4/c1-5-6-20(26(33)24-17-21-16-22(29)11-12-23(21)31-24)15-18-7-9-19(10-8-18)27(34)30-14-13-25(32)35-28(2,3)4/h7-12,16-17,20,31H,5-6,13-15H2,1-4H3,(H,30,34)/t20-/m1/s1. The Morgan fingerprint density at radius 2 is 1.77 bits per heavy atom. The molecule has 2 N–H and O–H groups in total. The largest absolute Gasteiger partial charge is 0.460 e. The molecule has 6 nitrogen and oxygen atoms in total. The van der Waals surface area contributed by atoms with Gasteiger partial charge in [0.1, 0.15) is 5.60 Å². The van der Waals surface area contributed by atoms with Crippen molar-refractivity contribution in [1.29, 1.82) is 0 Å². The third kappa shape index (κ3) is 7.69. The Morgan fingerprint density at radius 1 is 1.06 bits per heavy atom. The fraction of sp³-hybridized carbons (Fsp3) is 0.393. The molecule has 1 heterocycles. The lowest BCUT2D eigenvalue weighted by molar-refractivity contribution is -0.154. The van der Waals surface area contributed by atoms with Crippen LogP contribution in [0.3, 0.4) is 0 Å². The SMILES string of the molecule is CCC[C@H](Cc1ccc(C(=O)NCCC(=O)OC(C)(C)C)cc1)C(=O)c1cc2cc(Cl)ccc2[nH]1. The Kier molecular flexibility index (Phi) is 8.73. The summed E-state index contributed by atoms with van der Waals surface area (Å²) in [5, 5.41) is 4.29. The minimum absolute atomic E-state index is 0.0723. The van der Waals surface area contributed by atoms with Crippen molar-refractivity contribution >= 4 is 40.2 Å². The second-order valence-corrected chi connectivity index (χ2v) is 10.2. The monoisotopic (exact) mass is 496 g/mol. The number of halogens is 1. The number of rotatable bonds is 10. The van der Waals surface area contributed by atoms with E-state index in [1.54, 1.807) is 39.0 Å². The zero-order chi connectivity index (χ0) is 25.6. The summed E-state index contributed by atoms with van der Waals surface area (Å²) in [5.74, 6) is -0.698. The number of amides is 1. The van der Waals surface area contributed by atoms with Gasteiger partial charge in [-0.2, -0.15) is 0 Å². The average molecular weight is 497 g/mol. The molecule has 0 saturated carbocycles. The fourth-order valence-electron chi connectivity index (χ4n) is 3.98. The summed E-state index contributed by atoms with van der Waals surface area (Å²) in [6, 6.07) is 14.6. The van der Waals surface area contributed by atoms with Gasteiger partial charge in [-0.1, -0.05) is 37.1 Å². The fourth-order valence-corrected chi connectivity index (χ4v) is 4.16. The van der Waals surface area contributed by atoms with Gasteiger partial charge in [-0.25, -0.2) is 0 Å². The lowest BCUT2D eigenvalue weighted by Crippen LogP contribution is -2.29. The summed E-state index contributed by atoms with van der Waals surface area (Å²) in [6.07, 6.45) is 2.35. The Bertz CT molecular complexity index is 1190. The Labute approximate surface area is 211 Å². The number of hydrogen-bond donors (Lipinski definition) is 2. The van der Waals surface area contributed by atoms with E-state index in [-0.39, 0.29) is 36.5 Å². The van der Waals surface area contributed by atoms with Crippen LogP contribution in [0.2, 0.25) is 5.02 Å². The maximum atomic E-state index is 13.3. The van der Waals surface area contributed by atoms with Gasteiger partial charge in [-0.3, -0.25) is 14.4 Å².